The molecule has 0 saturated carbocycles. The quantitative estimate of drug-likeness (QED) is 0.644. The third-order valence-electron chi connectivity index (χ3n) is 5.52. The first kappa shape index (κ1) is 21.2. The number of nitrogens with zero attached hydrogens (tertiary/aromatic N) is 3. The van der Waals surface area contributed by atoms with Gasteiger partial charge in [-0.05, 0) is 59.7 Å². The summed E-state index contributed by atoms with van der Waals surface area (Å²) < 4.78 is 51.2. The van der Waals surface area contributed by atoms with Gasteiger partial charge in [-0.1, -0.05) is 6.07 Å². The van der Waals surface area contributed by atoms with E-state index in [1.54, 1.807) is 18.5 Å². The van der Waals surface area contributed by atoms with Crippen LogP contribution in [0.5, 0.6) is 0 Å². The predicted octanol–water partition coefficient (Wildman–Crippen LogP) is 4.05. The van der Waals surface area contributed by atoms with Gasteiger partial charge in [-0.3, -0.25) is 4.98 Å². The highest BCUT2D eigenvalue weighted by molar-refractivity contribution is 7.88. The molecule has 0 radical (unpaired) electrons. The second kappa shape index (κ2) is 8.57. The molecule has 0 spiro atoms. The SMILES string of the molecule is N#Cc1cc(-c2cc(NC3CCN(S(=O)(=O)CF)CC3)c3cnccc3c2)ccc1F. The van der Waals surface area contributed by atoms with Gasteiger partial charge in [0.15, 0.2) is 0 Å². The van der Waals surface area contributed by atoms with Gasteiger partial charge < -0.3 is 5.32 Å². The minimum atomic E-state index is -3.83. The largest absolute Gasteiger partial charge is 0.382 e. The number of benzene rings is 2. The first-order valence-electron chi connectivity index (χ1n) is 9.79. The number of aromatic nitrogens is 1. The van der Waals surface area contributed by atoms with Gasteiger partial charge in [0, 0.05) is 42.6 Å². The van der Waals surface area contributed by atoms with E-state index in [4.69, 9.17) is 5.26 Å². The Bertz CT molecular complexity index is 1270. The molecule has 4 rings (SSSR count). The van der Waals surface area contributed by atoms with Crippen LogP contribution in [0.2, 0.25) is 0 Å². The molecular weight excluding hydrogens is 422 g/mol. The van der Waals surface area contributed by atoms with Crippen LogP contribution < -0.4 is 5.32 Å². The topological polar surface area (TPSA) is 86.1 Å². The maximum Gasteiger partial charge on any atom is 0.243 e. The van der Waals surface area contributed by atoms with Gasteiger partial charge in [-0.2, -0.15) is 9.57 Å². The van der Waals surface area contributed by atoms with E-state index in [0.29, 0.717) is 18.4 Å². The second-order valence-corrected chi connectivity index (χ2v) is 9.36. The van der Waals surface area contributed by atoms with Gasteiger partial charge in [0.1, 0.15) is 11.9 Å². The summed E-state index contributed by atoms with van der Waals surface area (Å²) in [5, 5.41) is 14.4. The molecule has 1 fully saturated rings. The van der Waals surface area contributed by atoms with Crippen LogP contribution >= 0.6 is 0 Å². The number of pyridine rings is 1. The number of halogens is 2. The minimum absolute atomic E-state index is 0.00704. The van der Waals surface area contributed by atoms with Crippen molar-refractivity contribution in [2.75, 3.05) is 24.4 Å². The lowest BCUT2D eigenvalue weighted by Gasteiger charge is -2.31. The van der Waals surface area contributed by atoms with Crippen molar-refractivity contribution in [2.45, 2.75) is 18.9 Å². The summed E-state index contributed by atoms with van der Waals surface area (Å²) in [6.07, 6.45) is 4.51. The molecule has 0 atom stereocenters. The van der Waals surface area contributed by atoms with E-state index in [1.165, 1.54) is 16.4 Å². The van der Waals surface area contributed by atoms with Gasteiger partial charge in [-0.15, -0.1) is 0 Å². The van der Waals surface area contributed by atoms with E-state index < -0.39 is 21.8 Å². The molecule has 6 nitrogen and oxygen atoms in total. The molecule has 31 heavy (non-hydrogen) atoms. The molecule has 2 heterocycles. The summed E-state index contributed by atoms with van der Waals surface area (Å²) in [4.78, 5) is 4.20. The zero-order valence-corrected chi connectivity index (χ0v) is 17.4. The van der Waals surface area contributed by atoms with Crippen LogP contribution in [0.25, 0.3) is 21.9 Å². The third kappa shape index (κ3) is 4.36. The molecule has 1 aliphatic rings. The normalized spacial score (nSPS) is 15.6. The summed E-state index contributed by atoms with van der Waals surface area (Å²) in [5.74, 6) is -0.565. The summed E-state index contributed by atoms with van der Waals surface area (Å²) in [5.41, 5.74) is 2.32. The molecule has 3 aromatic rings. The van der Waals surface area contributed by atoms with Gasteiger partial charge in [-0.25, -0.2) is 17.2 Å². The molecule has 1 N–H and O–H groups in total. The zero-order chi connectivity index (χ0) is 22.0. The second-order valence-electron chi connectivity index (χ2n) is 7.47. The Kier molecular flexibility index (Phi) is 5.85. The third-order valence-corrected chi connectivity index (χ3v) is 6.95. The summed E-state index contributed by atoms with van der Waals surface area (Å²) in [7, 11) is -3.83. The van der Waals surface area contributed by atoms with Crippen LogP contribution in [0.4, 0.5) is 14.5 Å². The van der Waals surface area contributed by atoms with Crippen molar-refractivity contribution in [2.24, 2.45) is 0 Å². The molecule has 1 aromatic heterocycles. The Morgan fingerprint density at radius 3 is 2.65 bits per heavy atom. The lowest BCUT2D eigenvalue weighted by molar-refractivity contribution is 0.323. The van der Waals surface area contributed by atoms with Crippen molar-refractivity contribution < 1.29 is 17.2 Å². The average molecular weight is 442 g/mol. The summed E-state index contributed by atoms with van der Waals surface area (Å²) in [6, 6.07) is 10.6. The van der Waals surface area contributed by atoms with Gasteiger partial charge in [0.25, 0.3) is 0 Å². The number of nitrogens with one attached hydrogen (secondary N) is 1. The van der Waals surface area contributed by atoms with E-state index in [-0.39, 0.29) is 24.7 Å². The first-order chi connectivity index (χ1) is 14.9. The number of piperidine rings is 1. The minimum Gasteiger partial charge on any atom is -0.382 e. The van der Waals surface area contributed by atoms with E-state index >= 15 is 0 Å². The predicted molar refractivity (Wildman–Crippen MR) is 115 cm³/mol. The molecule has 1 aliphatic heterocycles. The fourth-order valence-corrected chi connectivity index (χ4v) is 4.75. The van der Waals surface area contributed by atoms with Crippen LogP contribution in [-0.4, -0.2) is 42.8 Å². The summed E-state index contributed by atoms with van der Waals surface area (Å²) >= 11 is 0. The standard InChI is InChI=1S/C22H20F2N4O2S/c23-14-31(29,30)28-7-4-19(5-8-28)27-22-11-17(10-16-3-6-26-13-20(16)22)15-1-2-21(24)18(9-15)12-25/h1-3,6,9-11,13,19,27H,4-5,7-8,14H2. The highest BCUT2D eigenvalue weighted by atomic mass is 32.2. The van der Waals surface area contributed by atoms with Crippen molar-refractivity contribution in [3.05, 3.63) is 60.2 Å². The average Bonchev–Trinajstić information content (AvgIpc) is 2.79. The molecule has 0 amide bonds. The Hall–Kier alpha value is -3.09. The number of sulfonamides is 1. The molecule has 160 valence electrons. The fourth-order valence-electron chi connectivity index (χ4n) is 3.84. The van der Waals surface area contributed by atoms with Gasteiger partial charge in [0.05, 0.1) is 5.56 Å². The van der Waals surface area contributed by atoms with E-state index in [1.807, 2.05) is 24.3 Å². The Morgan fingerprint density at radius 2 is 1.94 bits per heavy atom. The molecular formula is C22H20F2N4O2S. The smallest absolute Gasteiger partial charge is 0.243 e. The number of fused-ring (bicyclic) bond motifs is 1. The van der Waals surface area contributed by atoms with Gasteiger partial charge in [0.2, 0.25) is 16.0 Å². The highest BCUT2D eigenvalue weighted by Crippen LogP contribution is 2.32. The number of hydrogen-bond donors (Lipinski definition) is 1. The van der Waals surface area contributed by atoms with Crippen molar-refractivity contribution in [1.82, 2.24) is 9.29 Å². The molecule has 0 unspecified atom stereocenters. The fraction of sp³-hybridized carbons (Fsp3) is 0.273. The van der Waals surface area contributed by atoms with E-state index in [0.717, 1.165) is 22.0 Å². The van der Waals surface area contributed by atoms with E-state index in [2.05, 4.69) is 10.3 Å². The van der Waals surface area contributed by atoms with Crippen molar-refractivity contribution in [1.29, 1.82) is 5.26 Å². The number of rotatable bonds is 5. The van der Waals surface area contributed by atoms with Gasteiger partial charge >= 0.3 is 0 Å². The monoisotopic (exact) mass is 442 g/mol. The van der Waals surface area contributed by atoms with Crippen LogP contribution in [0, 0.1) is 17.1 Å². The van der Waals surface area contributed by atoms with Crippen molar-refractivity contribution in [3.63, 3.8) is 0 Å². The lowest BCUT2D eigenvalue weighted by atomic mass is 9.98. The zero-order valence-electron chi connectivity index (χ0n) is 16.6. The van der Waals surface area contributed by atoms with Crippen molar-refractivity contribution >= 4 is 26.5 Å². The highest BCUT2D eigenvalue weighted by Gasteiger charge is 2.28. The Morgan fingerprint density at radius 1 is 1.16 bits per heavy atom. The molecule has 2 aromatic carbocycles. The number of anilines is 1. The lowest BCUT2D eigenvalue weighted by Crippen LogP contribution is -2.42. The van der Waals surface area contributed by atoms with Crippen LogP contribution in [0.15, 0.2) is 48.8 Å². The van der Waals surface area contributed by atoms with Crippen molar-refractivity contribution in [3.8, 4) is 17.2 Å². The first-order valence-corrected chi connectivity index (χ1v) is 11.4. The number of nitriles is 1. The Labute approximate surface area is 179 Å². The molecule has 1 saturated heterocycles. The Balaban J connectivity index is 1.65. The maximum absolute atomic E-state index is 13.8. The molecule has 9 heteroatoms. The van der Waals surface area contributed by atoms with Crippen LogP contribution in [-0.2, 0) is 10.0 Å². The molecule has 0 bridgehead atoms. The number of alkyl halides is 1. The number of hydrogen-bond acceptors (Lipinski definition) is 5. The van der Waals surface area contributed by atoms with Crippen LogP contribution in [0.3, 0.4) is 0 Å². The van der Waals surface area contributed by atoms with E-state index in [9.17, 15) is 17.2 Å². The van der Waals surface area contributed by atoms with Crippen LogP contribution in [0.1, 0.15) is 18.4 Å². The summed E-state index contributed by atoms with van der Waals surface area (Å²) in [6.45, 7) is 0.507. The maximum atomic E-state index is 13.8. The molecule has 0 aliphatic carbocycles.